The summed E-state index contributed by atoms with van der Waals surface area (Å²) in [6, 6.07) is 5.68. The van der Waals surface area contributed by atoms with Crippen molar-refractivity contribution in [2.75, 3.05) is 0 Å². The lowest BCUT2D eigenvalue weighted by atomic mass is 10.2. The fourth-order valence-electron chi connectivity index (χ4n) is 1.22. The predicted octanol–water partition coefficient (Wildman–Crippen LogP) is 4.34. The average Bonchev–Trinajstić information content (AvgIpc) is 2.66. The van der Waals surface area contributed by atoms with Crippen LogP contribution in [-0.2, 0) is 6.61 Å². The van der Waals surface area contributed by atoms with Crippen molar-refractivity contribution in [3.8, 4) is 5.75 Å². The summed E-state index contributed by atoms with van der Waals surface area (Å²) in [5, 5.41) is 0.612. The molecule has 0 unspecified atom stereocenters. The van der Waals surface area contributed by atoms with Gasteiger partial charge >= 0.3 is 0 Å². The molecule has 2 aromatic rings. The smallest absolute Gasteiger partial charge is 0.183 e. The molecule has 0 fully saturated rings. The highest BCUT2D eigenvalue weighted by Crippen LogP contribution is 2.27. The van der Waals surface area contributed by atoms with E-state index < -0.39 is 0 Å². The van der Waals surface area contributed by atoms with Crippen LogP contribution in [0.4, 0.5) is 0 Å². The molecule has 0 aliphatic rings. The van der Waals surface area contributed by atoms with Crippen molar-refractivity contribution in [1.82, 2.24) is 4.98 Å². The fraction of sp³-hybridized carbons (Fsp3) is 0.182. The summed E-state index contributed by atoms with van der Waals surface area (Å²) >= 11 is 13.1. The Kier molecular flexibility index (Phi) is 3.69. The van der Waals surface area contributed by atoms with Crippen molar-refractivity contribution < 1.29 is 4.74 Å². The van der Waals surface area contributed by atoms with E-state index in [0.29, 0.717) is 21.8 Å². The summed E-state index contributed by atoms with van der Waals surface area (Å²) in [5.41, 5.74) is 1.11. The maximum Gasteiger partial charge on any atom is 0.183 e. The van der Waals surface area contributed by atoms with Crippen LogP contribution in [0.3, 0.4) is 0 Å². The van der Waals surface area contributed by atoms with Gasteiger partial charge in [0.1, 0.15) is 12.4 Å². The van der Waals surface area contributed by atoms with Crippen molar-refractivity contribution in [3.63, 3.8) is 0 Å². The van der Waals surface area contributed by atoms with E-state index >= 15 is 0 Å². The summed E-state index contributed by atoms with van der Waals surface area (Å²) in [5.74, 6) is 0.686. The van der Waals surface area contributed by atoms with Crippen LogP contribution in [0.5, 0.6) is 5.75 Å². The molecule has 5 heteroatoms. The van der Waals surface area contributed by atoms with Crippen LogP contribution in [-0.4, -0.2) is 4.98 Å². The lowest BCUT2D eigenvalue weighted by Crippen LogP contribution is -1.93. The van der Waals surface area contributed by atoms with Crippen molar-refractivity contribution in [2.24, 2.45) is 0 Å². The maximum absolute atomic E-state index is 6.00. The van der Waals surface area contributed by atoms with Crippen LogP contribution >= 0.6 is 34.5 Å². The summed E-state index contributed by atoms with van der Waals surface area (Å²) < 4.78 is 6.12. The standard InChI is InChI=1S/C11H9Cl2NOS/c1-7-2-3-9(12)10(4-7)15-6-8-5-14-11(13)16-8/h2-5H,6H2,1H3. The van der Waals surface area contributed by atoms with Gasteiger partial charge in [0.25, 0.3) is 0 Å². The number of aromatic nitrogens is 1. The molecule has 16 heavy (non-hydrogen) atoms. The Bertz CT molecular complexity index is 498. The summed E-state index contributed by atoms with van der Waals surface area (Å²) in [4.78, 5) is 4.91. The van der Waals surface area contributed by atoms with Crippen LogP contribution in [0.15, 0.2) is 24.4 Å². The topological polar surface area (TPSA) is 22.1 Å². The summed E-state index contributed by atoms with van der Waals surface area (Å²) in [7, 11) is 0. The minimum Gasteiger partial charge on any atom is -0.486 e. The second kappa shape index (κ2) is 5.04. The first kappa shape index (κ1) is 11.7. The number of halogens is 2. The third-order valence-electron chi connectivity index (χ3n) is 1.98. The van der Waals surface area contributed by atoms with Gasteiger partial charge in [-0.2, -0.15) is 0 Å². The molecule has 0 N–H and O–H groups in total. The lowest BCUT2D eigenvalue weighted by Gasteiger charge is -2.07. The number of ether oxygens (including phenoxy) is 1. The number of aryl methyl sites for hydroxylation is 1. The van der Waals surface area contributed by atoms with Gasteiger partial charge in [-0.25, -0.2) is 4.98 Å². The molecule has 1 aromatic heterocycles. The second-order valence-electron chi connectivity index (χ2n) is 3.30. The van der Waals surface area contributed by atoms with Crippen molar-refractivity contribution in [3.05, 3.63) is 44.3 Å². The van der Waals surface area contributed by atoms with Crippen LogP contribution < -0.4 is 4.74 Å². The number of thiazole rings is 1. The molecule has 84 valence electrons. The van der Waals surface area contributed by atoms with E-state index in [1.54, 1.807) is 6.20 Å². The van der Waals surface area contributed by atoms with Crippen molar-refractivity contribution in [1.29, 1.82) is 0 Å². The van der Waals surface area contributed by atoms with Crippen LogP contribution in [0, 0.1) is 6.92 Å². The highest BCUT2D eigenvalue weighted by molar-refractivity contribution is 7.15. The van der Waals surface area contributed by atoms with E-state index in [1.165, 1.54) is 11.3 Å². The Morgan fingerprint density at radius 1 is 1.38 bits per heavy atom. The monoisotopic (exact) mass is 273 g/mol. The Morgan fingerprint density at radius 3 is 2.88 bits per heavy atom. The van der Waals surface area contributed by atoms with E-state index in [-0.39, 0.29) is 0 Å². The maximum atomic E-state index is 6.00. The van der Waals surface area contributed by atoms with Crippen molar-refractivity contribution >= 4 is 34.5 Å². The third-order valence-corrected chi connectivity index (χ3v) is 3.38. The molecule has 2 rings (SSSR count). The van der Waals surface area contributed by atoms with E-state index in [4.69, 9.17) is 27.9 Å². The van der Waals surface area contributed by atoms with Gasteiger partial charge < -0.3 is 4.74 Å². The molecular weight excluding hydrogens is 265 g/mol. The van der Waals surface area contributed by atoms with Crippen LogP contribution in [0.1, 0.15) is 10.4 Å². The average molecular weight is 274 g/mol. The first-order valence-corrected chi connectivity index (χ1v) is 6.21. The molecule has 0 atom stereocenters. The zero-order valence-corrected chi connectivity index (χ0v) is 10.9. The molecular formula is C11H9Cl2NOS. The van der Waals surface area contributed by atoms with Crippen LogP contribution in [0.2, 0.25) is 9.49 Å². The van der Waals surface area contributed by atoms with Crippen molar-refractivity contribution in [2.45, 2.75) is 13.5 Å². The zero-order valence-electron chi connectivity index (χ0n) is 8.54. The lowest BCUT2D eigenvalue weighted by molar-refractivity contribution is 0.309. The Labute approximate surface area is 108 Å². The Morgan fingerprint density at radius 2 is 2.19 bits per heavy atom. The highest BCUT2D eigenvalue weighted by atomic mass is 35.5. The van der Waals surface area contributed by atoms with Gasteiger partial charge in [-0.15, -0.1) is 11.3 Å². The number of benzene rings is 1. The molecule has 0 spiro atoms. The normalized spacial score (nSPS) is 10.4. The second-order valence-corrected chi connectivity index (χ2v) is 5.41. The molecule has 2 nitrogen and oxygen atoms in total. The first-order chi connectivity index (χ1) is 7.65. The van der Waals surface area contributed by atoms with Gasteiger partial charge in [-0.1, -0.05) is 29.3 Å². The van der Waals surface area contributed by atoms with Gasteiger partial charge in [-0.3, -0.25) is 0 Å². The predicted molar refractivity (Wildman–Crippen MR) is 67.6 cm³/mol. The van der Waals surface area contributed by atoms with E-state index in [9.17, 15) is 0 Å². The highest BCUT2D eigenvalue weighted by Gasteiger charge is 2.04. The minimum absolute atomic E-state index is 0.438. The van der Waals surface area contributed by atoms with Gasteiger partial charge in [0, 0.05) is 6.20 Å². The van der Waals surface area contributed by atoms with Gasteiger partial charge in [-0.05, 0) is 24.6 Å². The molecule has 0 bridgehead atoms. The quantitative estimate of drug-likeness (QED) is 0.830. The van der Waals surface area contributed by atoms with E-state index in [2.05, 4.69) is 4.98 Å². The third kappa shape index (κ3) is 2.88. The number of hydrogen-bond acceptors (Lipinski definition) is 3. The largest absolute Gasteiger partial charge is 0.486 e. The molecule has 0 saturated carbocycles. The molecule has 0 aliphatic heterocycles. The van der Waals surface area contributed by atoms with E-state index in [0.717, 1.165) is 10.4 Å². The Hall–Kier alpha value is -0.770. The first-order valence-electron chi connectivity index (χ1n) is 4.64. The van der Waals surface area contributed by atoms with E-state index in [1.807, 2.05) is 25.1 Å². The van der Waals surface area contributed by atoms with Gasteiger partial charge in [0.2, 0.25) is 0 Å². The van der Waals surface area contributed by atoms with Gasteiger partial charge in [0.05, 0.1) is 9.90 Å². The number of hydrogen-bond donors (Lipinski definition) is 0. The molecule has 0 amide bonds. The zero-order chi connectivity index (χ0) is 11.5. The SMILES string of the molecule is Cc1ccc(Cl)c(OCc2cnc(Cl)s2)c1. The summed E-state index contributed by atoms with van der Waals surface area (Å²) in [6.45, 7) is 2.43. The minimum atomic E-state index is 0.438. The fourth-order valence-corrected chi connectivity index (χ4v) is 2.28. The molecule has 0 radical (unpaired) electrons. The van der Waals surface area contributed by atoms with Crippen LogP contribution in [0.25, 0.3) is 0 Å². The Balaban J connectivity index is 2.07. The molecule has 1 heterocycles. The molecule has 1 aromatic carbocycles. The van der Waals surface area contributed by atoms with Gasteiger partial charge in [0.15, 0.2) is 4.47 Å². The summed E-state index contributed by atoms with van der Waals surface area (Å²) in [6.07, 6.45) is 1.71. The molecule has 0 saturated heterocycles. The number of nitrogens with zero attached hydrogens (tertiary/aromatic N) is 1. The number of rotatable bonds is 3. The molecule has 0 aliphatic carbocycles.